The third kappa shape index (κ3) is 4.59. The zero-order chi connectivity index (χ0) is 25.3. The Morgan fingerprint density at radius 3 is 2.66 bits per heavy atom. The van der Waals surface area contributed by atoms with Crippen LogP contribution in [0.2, 0.25) is 0 Å². The maximum atomic E-state index is 12.9. The number of amides is 1. The number of aromatic nitrogens is 4. The Hall–Kier alpha value is -3.48. The summed E-state index contributed by atoms with van der Waals surface area (Å²) in [4.78, 5) is 25.7. The highest BCUT2D eigenvalue weighted by molar-refractivity contribution is 7.99. The Morgan fingerprint density at radius 2 is 1.94 bits per heavy atom. The molecule has 0 aliphatic heterocycles. The van der Waals surface area contributed by atoms with E-state index in [2.05, 4.69) is 22.1 Å². The molecule has 2 aromatic heterocycles. The van der Waals surface area contributed by atoms with Crippen LogP contribution in [0.1, 0.15) is 5.56 Å². The average molecular weight is 513 g/mol. The van der Waals surface area contributed by atoms with Crippen LogP contribution in [0.4, 0.5) is 5.69 Å². The number of thioether (sulfide) groups is 1. The highest BCUT2D eigenvalue weighted by Crippen LogP contribution is 2.24. The van der Waals surface area contributed by atoms with Crippen LogP contribution in [0.3, 0.4) is 0 Å². The first-order valence-electron chi connectivity index (χ1n) is 10.6. The zero-order valence-electron chi connectivity index (χ0n) is 19.4. The molecule has 0 saturated carbocycles. The number of fused-ring (bicyclic) bond motifs is 3. The number of aryl methyl sites for hydroxylation is 1. The Morgan fingerprint density at radius 1 is 1.20 bits per heavy atom. The minimum absolute atomic E-state index is 0.000195. The Balaban J connectivity index is 1.62. The molecule has 1 amide bonds. The second-order valence-electron chi connectivity index (χ2n) is 7.94. The molecule has 182 valence electrons. The molecule has 0 unspecified atom stereocenters. The lowest BCUT2D eigenvalue weighted by Crippen LogP contribution is -2.23. The molecular formula is C23H24N6O4S2. The topological polar surface area (TPSA) is 119 Å². The van der Waals surface area contributed by atoms with Gasteiger partial charge in [-0.1, -0.05) is 36.0 Å². The predicted octanol–water partition coefficient (Wildman–Crippen LogP) is 2.52. The Bertz CT molecular complexity index is 1620. The number of nitrogens with one attached hydrogen (secondary N) is 1. The molecule has 4 aromatic rings. The van der Waals surface area contributed by atoms with E-state index >= 15 is 0 Å². The molecule has 2 heterocycles. The summed E-state index contributed by atoms with van der Waals surface area (Å²) in [5, 5.41) is 12.1. The summed E-state index contributed by atoms with van der Waals surface area (Å²) in [5.41, 5.74) is 1.58. The fourth-order valence-corrected chi connectivity index (χ4v) is 5.21. The predicted molar refractivity (Wildman–Crippen MR) is 136 cm³/mol. The van der Waals surface area contributed by atoms with E-state index in [1.54, 1.807) is 41.7 Å². The van der Waals surface area contributed by atoms with Gasteiger partial charge in [-0.3, -0.25) is 18.6 Å². The SMILES string of the molecule is C=CCn1c(=O)c2ccccc2n2c(SCC(=O)Nc3cc(S(=O)(=O)N(C)C)ccc3C)nnc12. The highest BCUT2D eigenvalue weighted by Gasteiger charge is 2.20. The molecule has 35 heavy (non-hydrogen) atoms. The molecular weight excluding hydrogens is 488 g/mol. The van der Waals surface area contributed by atoms with E-state index in [0.29, 0.717) is 27.5 Å². The van der Waals surface area contributed by atoms with Gasteiger partial charge >= 0.3 is 0 Å². The van der Waals surface area contributed by atoms with Gasteiger partial charge in [0.15, 0.2) is 5.16 Å². The third-order valence-corrected chi connectivity index (χ3v) is 8.12. The first kappa shape index (κ1) is 24.6. The van der Waals surface area contributed by atoms with Crippen LogP contribution < -0.4 is 10.9 Å². The Labute approximate surface area is 206 Å². The number of carbonyl (C=O) groups is 1. The van der Waals surface area contributed by atoms with Crippen molar-refractivity contribution in [2.75, 3.05) is 25.2 Å². The molecule has 0 radical (unpaired) electrons. The van der Waals surface area contributed by atoms with Crippen LogP contribution in [-0.4, -0.2) is 57.6 Å². The summed E-state index contributed by atoms with van der Waals surface area (Å²) >= 11 is 1.16. The summed E-state index contributed by atoms with van der Waals surface area (Å²) in [6.07, 6.45) is 1.61. The molecule has 1 N–H and O–H groups in total. The number of nitrogens with zero attached hydrogens (tertiary/aromatic N) is 5. The van der Waals surface area contributed by atoms with Crippen molar-refractivity contribution in [2.45, 2.75) is 23.5 Å². The number of anilines is 1. The summed E-state index contributed by atoms with van der Waals surface area (Å²) in [6.45, 7) is 5.76. The minimum atomic E-state index is -3.64. The lowest BCUT2D eigenvalue weighted by molar-refractivity contribution is -0.113. The number of benzene rings is 2. The minimum Gasteiger partial charge on any atom is -0.325 e. The molecule has 0 atom stereocenters. The molecule has 0 spiro atoms. The zero-order valence-corrected chi connectivity index (χ0v) is 21.1. The maximum absolute atomic E-state index is 12.9. The second kappa shape index (κ2) is 9.64. The fourth-order valence-electron chi connectivity index (χ4n) is 3.54. The van der Waals surface area contributed by atoms with Crippen LogP contribution in [0, 0.1) is 6.92 Å². The first-order chi connectivity index (χ1) is 16.6. The molecule has 12 heteroatoms. The van der Waals surface area contributed by atoms with E-state index in [9.17, 15) is 18.0 Å². The van der Waals surface area contributed by atoms with Crippen LogP contribution in [0.5, 0.6) is 0 Å². The largest absolute Gasteiger partial charge is 0.325 e. The lowest BCUT2D eigenvalue weighted by atomic mass is 10.2. The van der Waals surface area contributed by atoms with Gasteiger partial charge in [0, 0.05) is 26.3 Å². The van der Waals surface area contributed by atoms with Crippen molar-refractivity contribution >= 4 is 50.1 Å². The van der Waals surface area contributed by atoms with Crippen molar-refractivity contribution < 1.29 is 13.2 Å². The number of hydrogen-bond donors (Lipinski definition) is 1. The third-order valence-electron chi connectivity index (χ3n) is 5.38. The van der Waals surface area contributed by atoms with Crippen molar-refractivity contribution in [3.8, 4) is 0 Å². The first-order valence-corrected chi connectivity index (χ1v) is 13.0. The van der Waals surface area contributed by atoms with Gasteiger partial charge in [-0.05, 0) is 36.8 Å². The summed E-state index contributed by atoms with van der Waals surface area (Å²) in [7, 11) is -0.738. The summed E-state index contributed by atoms with van der Waals surface area (Å²) in [6, 6.07) is 11.7. The van der Waals surface area contributed by atoms with Gasteiger partial charge in [0.05, 0.1) is 21.6 Å². The molecule has 2 aromatic carbocycles. The average Bonchev–Trinajstić information content (AvgIpc) is 3.25. The van der Waals surface area contributed by atoms with Crippen LogP contribution in [-0.2, 0) is 21.4 Å². The lowest BCUT2D eigenvalue weighted by Gasteiger charge is -2.14. The van der Waals surface area contributed by atoms with E-state index in [1.807, 2.05) is 6.07 Å². The number of carbonyl (C=O) groups excluding carboxylic acids is 1. The standard InChI is InChI=1S/C23H24N6O4S2/c1-5-12-28-21(31)17-8-6-7-9-19(17)29-22(28)25-26-23(29)34-14-20(30)24-18-13-16(11-10-15(18)2)35(32,33)27(3)4/h5-11,13H,1,12,14H2,2-4H3,(H,24,30). The van der Waals surface area contributed by atoms with E-state index in [1.165, 1.54) is 30.8 Å². The van der Waals surface area contributed by atoms with Crippen molar-refractivity contribution in [2.24, 2.45) is 0 Å². The smallest absolute Gasteiger partial charge is 0.263 e. The van der Waals surface area contributed by atoms with Gasteiger partial charge < -0.3 is 5.32 Å². The highest BCUT2D eigenvalue weighted by atomic mass is 32.2. The molecule has 10 nitrogen and oxygen atoms in total. The fraction of sp³-hybridized carbons (Fsp3) is 0.217. The molecule has 0 aliphatic carbocycles. The van der Waals surface area contributed by atoms with Gasteiger partial charge in [-0.2, -0.15) is 0 Å². The number of hydrogen-bond acceptors (Lipinski definition) is 7. The van der Waals surface area contributed by atoms with Gasteiger partial charge in [-0.25, -0.2) is 12.7 Å². The van der Waals surface area contributed by atoms with Crippen molar-refractivity contribution in [1.82, 2.24) is 23.5 Å². The van der Waals surface area contributed by atoms with E-state index < -0.39 is 10.0 Å². The number of sulfonamides is 1. The van der Waals surface area contributed by atoms with E-state index in [4.69, 9.17) is 0 Å². The van der Waals surface area contributed by atoms with Crippen LogP contribution >= 0.6 is 11.8 Å². The van der Waals surface area contributed by atoms with Gasteiger partial charge in [0.1, 0.15) is 0 Å². The van der Waals surface area contributed by atoms with Gasteiger partial charge in [-0.15, -0.1) is 16.8 Å². The Kier molecular flexibility index (Phi) is 6.79. The quantitative estimate of drug-likeness (QED) is 0.285. The number of allylic oxidation sites excluding steroid dienone is 1. The van der Waals surface area contributed by atoms with Gasteiger partial charge in [0.2, 0.25) is 21.7 Å². The molecule has 0 fully saturated rings. The maximum Gasteiger partial charge on any atom is 0.263 e. The molecule has 4 rings (SSSR count). The van der Waals surface area contributed by atoms with E-state index in [-0.39, 0.29) is 28.7 Å². The van der Waals surface area contributed by atoms with Crippen molar-refractivity contribution in [1.29, 1.82) is 0 Å². The summed E-state index contributed by atoms with van der Waals surface area (Å²) in [5.74, 6) is 0.0201. The number of rotatable bonds is 8. The molecule has 0 saturated heterocycles. The monoisotopic (exact) mass is 512 g/mol. The molecule has 0 aliphatic rings. The van der Waals surface area contributed by atoms with Crippen molar-refractivity contribution in [3.63, 3.8) is 0 Å². The summed E-state index contributed by atoms with van der Waals surface area (Å²) < 4.78 is 29.2. The normalized spacial score (nSPS) is 11.9. The van der Waals surface area contributed by atoms with Crippen molar-refractivity contribution in [3.05, 3.63) is 71.0 Å². The molecule has 0 bridgehead atoms. The van der Waals surface area contributed by atoms with Crippen LogP contribution in [0.25, 0.3) is 16.7 Å². The van der Waals surface area contributed by atoms with Crippen LogP contribution in [0.15, 0.2) is 70.0 Å². The number of para-hydroxylation sites is 1. The second-order valence-corrected chi connectivity index (χ2v) is 11.0. The van der Waals surface area contributed by atoms with Gasteiger partial charge in [0.25, 0.3) is 5.56 Å². The van der Waals surface area contributed by atoms with E-state index in [0.717, 1.165) is 21.6 Å².